The summed E-state index contributed by atoms with van der Waals surface area (Å²) in [5.74, 6) is 0.166. The fourth-order valence-corrected chi connectivity index (χ4v) is 8.98. The molecule has 4 aromatic rings. The molecular formula is C43H48N6O7. The molecule has 0 spiro atoms. The number of methoxy groups -OCH3 is 1. The second-order valence-electron chi connectivity index (χ2n) is 15.6. The third kappa shape index (κ3) is 7.67. The molecule has 7 rings (SSSR count). The van der Waals surface area contributed by atoms with E-state index in [-0.39, 0.29) is 30.3 Å². The fourth-order valence-electron chi connectivity index (χ4n) is 8.98. The molecule has 2 heterocycles. The van der Waals surface area contributed by atoms with E-state index < -0.39 is 48.2 Å². The smallest absolute Gasteiger partial charge is 0.167 e. The first-order chi connectivity index (χ1) is 27.0. The van der Waals surface area contributed by atoms with E-state index in [1.165, 1.54) is 7.11 Å². The predicted octanol–water partition coefficient (Wildman–Crippen LogP) is 9.94. The molecule has 4 aromatic carbocycles. The minimum absolute atomic E-state index is 0.104. The highest BCUT2D eigenvalue weighted by Crippen LogP contribution is 2.52. The van der Waals surface area contributed by atoms with E-state index >= 15 is 0 Å². The van der Waals surface area contributed by atoms with Gasteiger partial charge in [-0.15, -0.1) is 0 Å². The normalized spacial score (nSPS) is 28.8. The third-order valence-corrected chi connectivity index (χ3v) is 11.5. The number of ketones is 1. The van der Waals surface area contributed by atoms with Gasteiger partial charge in [-0.1, -0.05) is 84.7 Å². The minimum Gasteiger partial charge on any atom is -0.506 e. The molecule has 0 bridgehead atoms. The lowest BCUT2D eigenvalue weighted by atomic mass is 9.78. The maximum Gasteiger partial charge on any atom is 0.167 e. The van der Waals surface area contributed by atoms with Crippen LogP contribution >= 0.6 is 0 Å². The standard InChI is InChI=1S/C43H48N6O7/c1-24-16-29-18-31-30(35-20-33(46-48-44)40(25(2)55-35)53-22-27-12-8-6-9-13-27)19-32(41(52-5)38(31)39(51)37(29)34(50)17-24)36-21-43(4,47-49-45)42(26(3)56-36)54-23-28-14-10-7-11-15-28/h6-15,18-19,24-26,33,35-36,40,42,51H,16-17,20-23H2,1-5H3/t24?,25-,26+,33-,35-,36+,40-,42-,43+/m1/s1. The summed E-state index contributed by atoms with van der Waals surface area (Å²) in [5.41, 5.74) is 22.8. The van der Waals surface area contributed by atoms with Crippen LogP contribution < -0.4 is 4.74 Å². The molecule has 9 atom stereocenters. The van der Waals surface area contributed by atoms with Gasteiger partial charge in [-0.2, -0.15) is 0 Å². The van der Waals surface area contributed by atoms with Gasteiger partial charge in [0.25, 0.3) is 0 Å². The molecule has 13 nitrogen and oxygen atoms in total. The van der Waals surface area contributed by atoms with Gasteiger partial charge in [0.05, 0.1) is 79.5 Å². The van der Waals surface area contributed by atoms with Gasteiger partial charge in [0, 0.05) is 21.8 Å². The zero-order chi connectivity index (χ0) is 39.6. The number of phenolic OH excluding ortho intramolecular Hbond substituents is 1. The number of hydrogen-bond acceptors (Lipinski definition) is 9. The van der Waals surface area contributed by atoms with Crippen LogP contribution in [0.15, 0.2) is 83.0 Å². The molecule has 292 valence electrons. The van der Waals surface area contributed by atoms with E-state index in [9.17, 15) is 21.0 Å². The first-order valence-electron chi connectivity index (χ1n) is 19.2. The monoisotopic (exact) mass is 760 g/mol. The molecular weight excluding hydrogens is 713 g/mol. The lowest BCUT2D eigenvalue weighted by Crippen LogP contribution is -2.52. The Kier molecular flexibility index (Phi) is 11.6. The zero-order valence-corrected chi connectivity index (χ0v) is 32.4. The lowest BCUT2D eigenvalue weighted by Gasteiger charge is -2.45. The van der Waals surface area contributed by atoms with E-state index in [2.05, 4.69) is 20.1 Å². The Morgan fingerprint density at radius 2 is 1.54 bits per heavy atom. The average molecular weight is 761 g/mol. The second-order valence-corrected chi connectivity index (χ2v) is 15.6. The number of hydrogen-bond donors (Lipinski definition) is 1. The number of nitrogens with zero attached hydrogens (tertiary/aromatic N) is 6. The van der Waals surface area contributed by atoms with Crippen LogP contribution in [0.1, 0.15) is 97.3 Å². The number of Topliss-reactive ketones (excluding diaryl/α,β-unsaturated/α-hetero) is 1. The summed E-state index contributed by atoms with van der Waals surface area (Å²) in [7, 11) is 1.52. The minimum atomic E-state index is -1.04. The first kappa shape index (κ1) is 39.1. The van der Waals surface area contributed by atoms with Crippen molar-refractivity contribution in [3.8, 4) is 11.5 Å². The van der Waals surface area contributed by atoms with Crippen molar-refractivity contribution >= 4 is 16.6 Å². The van der Waals surface area contributed by atoms with Crippen molar-refractivity contribution in [2.24, 2.45) is 16.1 Å². The molecule has 1 aliphatic carbocycles. The van der Waals surface area contributed by atoms with Gasteiger partial charge in [-0.05, 0) is 89.9 Å². The number of rotatable bonds is 11. The molecule has 1 N–H and O–H groups in total. The SMILES string of the molecule is COc1c([C@@H]2C[C@](C)(N=[N+]=[N-])[C@H](OCc3ccccc3)[C@H](C)O2)cc([C@H]2C[C@@H](N=[N+]=[N-])[C@H](OCc3ccccc3)[C@@H](C)O2)c2cc3c(c(O)c12)C(=O)CC(C)C3. The summed E-state index contributed by atoms with van der Waals surface area (Å²) < 4.78 is 32.4. The van der Waals surface area contributed by atoms with Crippen LogP contribution in [0, 0.1) is 5.92 Å². The predicted molar refractivity (Wildman–Crippen MR) is 210 cm³/mol. The highest BCUT2D eigenvalue weighted by atomic mass is 16.6. The van der Waals surface area contributed by atoms with Crippen LogP contribution in [0.2, 0.25) is 0 Å². The number of ether oxygens (including phenoxy) is 5. The van der Waals surface area contributed by atoms with Crippen molar-refractivity contribution in [1.29, 1.82) is 0 Å². The van der Waals surface area contributed by atoms with Crippen molar-refractivity contribution in [1.82, 2.24) is 0 Å². The van der Waals surface area contributed by atoms with Crippen LogP contribution in [0.25, 0.3) is 31.7 Å². The van der Waals surface area contributed by atoms with E-state index in [1.54, 1.807) is 0 Å². The molecule has 3 aliphatic rings. The maximum atomic E-state index is 13.5. The number of carbonyl (C=O) groups is 1. The Balaban J connectivity index is 1.32. The van der Waals surface area contributed by atoms with Crippen molar-refractivity contribution in [3.05, 3.63) is 127 Å². The third-order valence-electron chi connectivity index (χ3n) is 11.5. The van der Waals surface area contributed by atoms with Crippen LogP contribution in [-0.2, 0) is 38.6 Å². The van der Waals surface area contributed by atoms with Gasteiger partial charge in [-0.25, -0.2) is 0 Å². The van der Waals surface area contributed by atoms with Gasteiger partial charge in [0.2, 0.25) is 0 Å². The quantitative estimate of drug-likeness (QED) is 0.0897. The summed E-state index contributed by atoms with van der Waals surface area (Å²) in [5, 5.41) is 21.7. The molecule has 2 fully saturated rings. The summed E-state index contributed by atoms with van der Waals surface area (Å²) in [6.07, 6.45) is -1.96. The Bertz CT molecular complexity index is 2170. The van der Waals surface area contributed by atoms with Crippen LogP contribution in [-0.4, -0.2) is 54.0 Å². The van der Waals surface area contributed by atoms with E-state index in [0.717, 1.165) is 22.3 Å². The summed E-state index contributed by atoms with van der Waals surface area (Å²) in [6, 6.07) is 22.9. The molecule has 0 amide bonds. The average Bonchev–Trinajstić information content (AvgIpc) is 3.17. The number of aromatic hydroxyl groups is 1. The van der Waals surface area contributed by atoms with Crippen LogP contribution in [0.4, 0.5) is 0 Å². The largest absolute Gasteiger partial charge is 0.506 e. The summed E-state index contributed by atoms with van der Waals surface area (Å²) >= 11 is 0. The van der Waals surface area contributed by atoms with Crippen LogP contribution in [0.3, 0.4) is 0 Å². The van der Waals surface area contributed by atoms with Crippen molar-refractivity contribution < 1.29 is 33.6 Å². The summed E-state index contributed by atoms with van der Waals surface area (Å²) in [6.45, 7) is 8.30. The topological polar surface area (TPSA) is 181 Å². The fraction of sp³-hybridized carbons (Fsp3) is 0.465. The molecule has 13 heteroatoms. The molecule has 2 saturated heterocycles. The van der Waals surface area contributed by atoms with Crippen molar-refractivity contribution in [2.45, 2.75) is 115 Å². The molecule has 56 heavy (non-hydrogen) atoms. The summed E-state index contributed by atoms with van der Waals surface area (Å²) in [4.78, 5) is 20.0. The van der Waals surface area contributed by atoms with Gasteiger partial charge in [0.15, 0.2) is 5.78 Å². The molecule has 0 radical (unpaired) electrons. The zero-order valence-electron chi connectivity index (χ0n) is 32.4. The van der Waals surface area contributed by atoms with E-state index in [0.29, 0.717) is 53.7 Å². The van der Waals surface area contributed by atoms with Crippen molar-refractivity contribution in [2.75, 3.05) is 7.11 Å². The van der Waals surface area contributed by atoms with E-state index in [4.69, 9.17) is 23.7 Å². The van der Waals surface area contributed by atoms with Crippen molar-refractivity contribution in [3.63, 3.8) is 0 Å². The first-order valence-corrected chi connectivity index (χ1v) is 19.2. The van der Waals surface area contributed by atoms with Gasteiger partial charge < -0.3 is 28.8 Å². The highest BCUT2D eigenvalue weighted by Gasteiger charge is 2.48. The van der Waals surface area contributed by atoms with Gasteiger partial charge in [-0.3, -0.25) is 4.79 Å². The number of benzene rings is 4. The molecule has 1 unspecified atom stereocenters. The number of phenols is 1. The van der Waals surface area contributed by atoms with Crippen LogP contribution in [0.5, 0.6) is 11.5 Å². The number of fused-ring (bicyclic) bond motifs is 2. The highest BCUT2D eigenvalue weighted by molar-refractivity contribution is 6.09. The molecule has 0 aromatic heterocycles. The number of carbonyl (C=O) groups excluding carboxylic acids is 1. The van der Waals surface area contributed by atoms with Gasteiger partial charge >= 0.3 is 0 Å². The van der Waals surface area contributed by atoms with E-state index in [1.807, 2.05) is 100 Å². The lowest BCUT2D eigenvalue weighted by molar-refractivity contribution is -0.170. The molecule has 0 saturated carbocycles. The number of azide groups is 2. The maximum absolute atomic E-state index is 13.5. The Labute approximate surface area is 326 Å². The van der Waals surface area contributed by atoms with Gasteiger partial charge in [0.1, 0.15) is 11.5 Å². The second kappa shape index (κ2) is 16.5. The Morgan fingerprint density at radius 1 is 0.875 bits per heavy atom. The molecule has 2 aliphatic heterocycles. The Morgan fingerprint density at radius 3 is 2.18 bits per heavy atom. The Hall–Kier alpha value is -5.13.